The molecule has 4 rings (SSSR count). The average molecular weight is 475 g/mol. The Morgan fingerprint density at radius 2 is 1.62 bits per heavy atom. The van der Waals surface area contributed by atoms with Gasteiger partial charge < -0.3 is 4.90 Å². The summed E-state index contributed by atoms with van der Waals surface area (Å²) < 4.78 is 27.8. The van der Waals surface area contributed by atoms with Crippen molar-refractivity contribution in [1.82, 2.24) is 9.21 Å². The lowest BCUT2D eigenvalue weighted by molar-refractivity contribution is 0.0690. The van der Waals surface area contributed by atoms with Gasteiger partial charge in [0, 0.05) is 26.2 Å². The highest BCUT2D eigenvalue weighted by molar-refractivity contribution is 7.89. The van der Waals surface area contributed by atoms with Gasteiger partial charge in [-0.3, -0.25) is 4.79 Å². The zero-order valence-electron chi connectivity index (χ0n) is 18.5. The fourth-order valence-corrected chi connectivity index (χ4v) is 6.36. The molecule has 2 heterocycles. The summed E-state index contributed by atoms with van der Waals surface area (Å²) in [4.78, 5) is 15.2. The molecule has 2 aromatic rings. The van der Waals surface area contributed by atoms with E-state index in [1.54, 1.807) is 0 Å². The van der Waals surface area contributed by atoms with Gasteiger partial charge in [0.05, 0.1) is 15.5 Å². The lowest BCUT2D eigenvalue weighted by Crippen LogP contribution is -2.39. The maximum absolute atomic E-state index is 13.2. The Labute approximate surface area is 196 Å². The number of hydrogen-bond acceptors (Lipinski definition) is 3. The van der Waals surface area contributed by atoms with Crippen molar-refractivity contribution in [2.45, 2.75) is 43.9 Å². The predicted octanol–water partition coefficient (Wildman–Crippen LogP) is 4.86. The lowest BCUT2D eigenvalue weighted by atomic mass is 9.90. The van der Waals surface area contributed by atoms with Gasteiger partial charge in [-0.05, 0) is 67.7 Å². The van der Waals surface area contributed by atoms with Crippen LogP contribution in [0.25, 0.3) is 0 Å². The van der Waals surface area contributed by atoms with Gasteiger partial charge in [-0.2, -0.15) is 4.31 Å². The zero-order valence-corrected chi connectivity index (χ0v) is 20.1. The van der Waals surface area contributed by atoms with E-state index in [1.165, 1.54) is 28.1 Å². The van der Waals surface area contributed by atoms with Crippen LogP contribution in [0.15, 0.2) is 53.4 Å². The van der Waals surface area contributed by atoms with E-state index in [-0.39, 0.29) is 16.4 Å². The van der Waals surface area contributed by atoms with Crippen LogP contribution in [0.4, 0.5) is 0 Å². The Morgan fingerprint density at radius 1 is 0.969 bits per heavy atom. The zero-order chi connectivity index (χ0) is 22.7. The predicted molar refractivity (Wildman–Crippen MR) is 127 cm³/mol. The van der Waals surface area contributed by atoms with E-state index >= 15 is 0 Å². The third-order valence-electron chi connectivity index (χ3n) is 6.82. The number of benzene rings is 2. The van der Waals surface area contributed by atoms with E-state index in [2.05, 4.69) is 31.2 Å². The maximum atomic E-state index is 13.2. The molecule has 172 valence electrons. The van der Waals surface area contributed by atoms with E-state index in [4.69, 9.17) is 11.6 Å². The molecule has 0 aromatic heterocycles. The largest absolute Gasteiger partial charge is 0.339 e. The number of hydrogen-bond donors (Lipinski definition) is 0. The second-order valence-corrected chi connectivity index (χ2v) is 11.5. The summed E-state index contributed by atoms with van der Waals surface area (Å²) in [5.74, 6) is 0.899. The molecule has 2 fully saturated rings. The number of likely N-dealkylation sites (tertiary alicyclic amines) is 1. The van der Waals surface area contributed by atoms with E-state index in [0.717, 1.165) is 32.1 Å². The molecule has 0 atom stereocenters. The van der Waals surface area contributed by atoms with Gasteiger partial charge in [-0.25, -0.2) is 8.42 Å². The Bertz CT molecular complexity index is 1040. The quantitative estimate of drug-likeness (QED) is 0.622. The third-order valence-corrected chi connectivity index (χ3v) is 9.04. The minimum Gasteiger partial charge on any atom is -0.339 e. The first-order valence-corrected chi connectivity index (χ1v) is 13.3. The Balaban J connectivity index is 1.44. The summed E-state index contributed by atoms with van der Waals surface area (Å²) in [6.07, 6.45) is 4.60. The molecule has 0 bridgehead atoms. The fourth-order valence-electron chi connectivity index (χ4n) is 4.66. The number of sulfonamides is 1. The van der Waals surface area contributed by atoms with Crippen molar-refractivity contribution in [1.29, 1.82) is 0 Å². The van der Waals surface area contributed by atoms with Crippen LogP contribution in [0.2, 0.25) is 5.02 Å². The fraction of sp³-hybridized carbons (Fsp3) is 0.480. The number of carbonyl (C=O) groups excluding carboxylic acids is 1. The molecule has 0 aliphatic carbocycles. The van der Waals surface area contributed by atoms with Crippen LogP contribution >= 0.6 is 11.6 Å². The van der Waals surface area contributed by atoms with Crippen molar-refractivity contribution < 1.29 is 13.2 Å². The summed E-state index contributed by atoms with van der Waals surface area (Å²) in [5.41, 5.74) is 1.60. The van der Waals surface area contributed by atoms with Crippen molar-refractivity contribution in [2.75, 3.05) is 26.2 Å². The lowest BCUT2D eigenvalue weighted by Gasteiger charge is -2.32. The molecule has 2 saturated heterocycles. The van der Waals surface area contributed by atoms with E-state index in [0.29, 0.717) is 43.0 Å². The van der Waals surface area contributed by atoms with Gasteiger partial charge >= 0.3 is 0 Å². The first-order valence-electron chi connectivity index (χ1n) is 11.5. The molecule has 5 nitrogen and oxygen atoms in total. The van der Waals surface area contributed by atoms with E-state index < -0.39 is 10.0 Å². The molecule has 2 aliphatic heterocycles. The van der Waals surface area contributed by atoms with Gasteiger partial charge in [-0.1, -0.05) is 48.9 Å². The Hall–Kier alpha value is -1.89. The molecule has 2 aromatic carbocycles. The summed E-state index contributed by atoms with van der Waals surface area (Å²) in [6.45, 7) is 4.50. The standard InChI is InChI=1S/C25H31ClN2O3S/c1-19-9-15-28(16-10-19)32(30,31)22-7-8-24(26)23(18-22)25(29)27-13-11-21(12-14-27)17-20-5-3-2-4-6-20/h2-8,18-19,21H,9-17H2,1H3. The number of rotatable bonds is 5. The van der Waals surface area contributed by atoms with Crippen LogP contribution in [-0.2, 0) is 16.4 Å². The van der Waals surface area contributed by atoms with Gasteiger partial charge in [0.15, 0.2) is 0 Å². The van der Waals surface area contributed by atoms with Gasteiger partial charge in [0.1, 0.15) is 0 Å². The third kappa shape index (κ3) is 5.19. The topological polar surface area (TPSA) is 57.7 Å². The van der Waals surface area contributed by atoms with E-state index in [1.807, 2.05) is 11.0 Å². The van der Waals surface area contributed by atoms with Gasteiger partial charge in [0.2, 0.25) is 10.0 Å². The molecule has 0 spiro atoms. The van der Waals surface area contributed by atoms with Crippen molar-refractivity contribution in [3.63, 3.8) is 0 Å². The molecule has 0 unspecified atom stereocenters. The summed E-state index contributed by atoms with van der Waals surface area (Å²) in [6, 6.07) is 14.9. The molecule has 1 amide bonds. The molecular formula is C25H31ClN2O3S. The molecule has 0 N–H and O–H groups in total. The minimum atomic E-state index is -3.63. The second kappa shape index (κ2) is 9.94. The van der Waals surface area contributed by atoms with Crippen LogP contribution in [0.3, 0.4) is 0 Å². The average Bonchev–Trinajstić information content (AvgIpc) is 2.80. The van der Waals surface area contributed by atoms with Crippen LogP contribution in [0.5, 0.6) is 0 Å². The normalized spacial score (nSPS) is 19.2. The molecule has 7 heteroatoms. The first-order chi connectivity index (χ1) is 15.3. The van der Waals surface area contributed by atoms with Crippen molar-refractivity contribution in [2.24, 2.45) is 11.8 Å². The molecule has 32 heavy (non-hydrogen) atoms. The van der Waals surface area contributed by atoms with Crippen molar-refractivity contribution in [3.05, 3.63) is 64.7 Å². The molecular weight excluding hydrogens is 444 g/mol. The minimum absolute atomic E-state index is 0.152. The van der Waals surface area contributed by atoms with Crippen LogP contribution < -0.4 is 0 Å². The monoisotopic (exact) mass is 474 g/mol. The number of piperidine rings is 2. The number of halogens is 1. The SMILES string of the molecule is CC1CCN(S(=O)(=O)c2ccc(Cl)c(C(=O)N3CCC(Cc4ccccc4)CC3)c2)CC1. The highest BCUT2D eigenvalue weighted by Crippen LogP contribution is 2.29. The number of amides is 1. The van der Waals surface area contributed by atoms with Crippen LogP contribution in [-0.4, -0.2) is 49.7 Å². The smallest absolute Gasteiger partial charge is 0.255 e. The van der Waals surface area contributed by atoms with Crippen molar-refractivity contribution >= 4 is 27.5 Å². The highest BCUT2D eigenvalue weighted by atomic mass is 35.5. The van der Waals surface area contributed by atoms with E-state index in [9.17, 15) is 13.2 Å². The number of nitrogens with zero attached hydrogens (tertiary/aromatic N) is 2. The molecule has 2 aliphatic rings. The van der Waals surface area contributed by atoms with Crippen LogP contribution in [0.1, 0.15) is 48.5 Å². The number of carbonyl (C=O) groups is 1. The Kier molecular flexibility index (Phi) is 7.23. The van der Waals surface area contributed by atoms with Gasteiger partial charge in [-0.15, -0.1) is 0 Å². The summed E-state index contributed by atoms with van der Waals surface area (Å²) in [7, 11) is -3.63. The summed E-state index contributed by atoms with van der Waals surface area (Å²) in [5, 5.41) is 0.299. The van der Waals surface area contributed by atoms with Crippen LogP contribution in [0, 0.1) is 11.8 Å². The van der Waals surface area contributed by atoms with Crippen molar-refractivity contribution in [3.8, 4) is 0 Å². The molecule has 0 saturated carbocycles. The van der Waals surface area contributed by atoms with Gasteiger partial charge in [0.25, 0.3) is 5.91 Å². The Morgan fingerprint density at radius 3 is 2.28 bits per heavy atom. The highest BCUT2D eigenvalue weighted by Gasteiger charge is 2.30. The summed E-state index contributed by atoms with van der Waals surface area (Å²) >= 11 is 6.35. The molecule has 0 radical (unpaired) electrons. The maximum Gasteiger partial charge on any atom is 0.255 e. The first kappa shape index (κ1) is 23.3. The second-order valence-electron chi connectivity index (χ2n) is 9.15.